The van der Waals surface area contributed by atoms with Crippen molar-refractivity contribution in [1.29, 1.82) is 0 Å². The van der Waals surface area contributed by atoms with Crippen molar-refractivity contribution in [3.8, 4) is 5.75 Å². The molecule has 1 rings (SSSR count). The Balaban J connectivity index is 2.04. The number of urea groups is 1. The zero-order valence-electron chi connectivity index (χ0n) is 10.9. The van der Waals surface area contributed by atoms with Crippen LogP contribution in [0.1, 0.15) is 12.8 Å². The van der Waals surface area contributed by atoms with E-state index >= 15 is 0 Å². The second-order valence-corrected chi connectivity index (χ2v) is 4.35. The van der Waals surface area contributed by atoms with Gasteiger partial charge in [0.25, 0.3) is 0 Å². The third kappa shape index (κ3) is 7.48. The Kier molecular flexibility index (Phi) is 7.27. The molecule has 3 N–H and O–H groups in total. The van der Waals surface area contributed by atoms with Crippen molar-refractivity contribution in [1.82, 2.24) is 5.32 Å². The molecule has 0 saturated heterocycles. The largest absolute Gasteiger partial charge is 0.490 e. The number of hydrogen-bond donors (Lipinski definition) is 2. The number of ether oxygens (including phenoxy) is 2. The van der Waals surface area contributed by atoms with Crippen molar-refractivity contribution >= 4 is 23.6 Å². The number of carbonyl (C=O) groups is 2. The lowest BCUT2D eigenvalue weighted by Gasteiger charge is -2.07. The molecule has 0 unspecified atom stereocenters. The zero-order chi connectivity index (χ0) is 14.8. The van der Waals surface area contributed by atoms with Crippen molar-refractivity contribution in [2.45, 2.75) is 12.8 Å². The number of primary amides is 1. The Morgan fingerprint density at radius 3 is 2.55 bits per heavy atom. The van der Waals surface area contributed by atoms with Gasteiger partial charge in [-0.1, -0.05) is 11.6 Å². The molecule has 0 atom stereocenters. The van der Waals surface area contributed by atoms with E-state index in [1.807, 2.05) is 0 Å². The molecule has 1 aromatic rings. The van der Waals surface area contributed by atoms with Gasteiger partial charge in [0.1, 0.15) is 19.0 Å². The van der Waals surface area contributed by atoms with Crippen LogP contribution < -0.4 is 15.8 Å². The highest BCUT2D eigenvalue weighted by atomic mass is 35.5. The average molecular weight is 301 g/mol. The fourth-order valence-corrected chi connectivity index (χ4v) is 1.49. The Labute approximate surface area is 122 Å². The van der Waals surface area contributed by atoms with E-state index in [0.717, 1.165) is 0 Å². The number of carbonyl (C=O) groups excluding carboxylic acids is 2. The maximum Gasteiger partial charge on any atom is 0.312 e. The summed E-state index contributed by atoms with van der Waals surface area (Å²) in [5.41, 5.74) is 4.88. The van der Waals surface area contributed by atoms with Gasteiger partial charge in [-0.15, -0.1) is 0 Å². The summed E-state index contributed by atoms with van der Waals surface area (Å²) in [5.74, 6) is 0.326. The summed E-state index contributed by atoms with van der Waals surface area (Å²) in [4.78, 5) is 21.7. The van der Waals surface area contributed by atoms with Crippen LogP contribution in [0.25, 0.3) is 0 Å². The number of benzene rings is 1. The Morgan fingerprint density at radius 2 is 1.90 bits per heavy atom. The number of nitrogens with two attached hydrogens (primary N) is 1. The molecule has 0 heterocycles. The first-order chi connectivity index (χ1) is 9.58. The monoisotopic (exact) mass is 300 g/mol. The SMILES string of the molecule is NC(=O)NCCCC(=O)OCCOc1ccc(Cl)cc1. The fourth-order valence-electron chi connectivity index (χ4n) is 1.36. The highest BCUT2D eigenvalue weighted by Gasteiger charge is 2.03. The third-order valence-electron chi connectivity index (χ3n) is 2.29. The van der Waals surface area contributed by atoms with Gasteiger partial charge < -0.3 is 20.5 Å². The molecule has 2 amide bonds. The first kappa shape index (κ1) is 16.1. The lowest BCUT2D eigenvalue weighted by Crippen LogP contribution is -2.30. The molecule has 0 spiro atoms. The van der Waals surface area contributed by atoms with Crippen LogP contribution in [0.2, 0.25) is 5.02 Å². The predicted molar refractivity (Wildman–Crippen MR) is 74.7 cm³/mol. The molecule has 0 bridgehead atoms. The predicted octanol–water partition coefficient (Wildman–Crippen LogP) is 1.71. The third-order valence-corrected chi connectivity index (χ3v) is 2.54. The molecule has 0 aromatic heterocycles. The second kappa shape index (κ2) is 9.03. The van der Waals surface area contributed by atoms with Gasteiger partial charge in [0.15, 0.2) is 0 Å². The zero-order valence-corrected chi connectivity index (χ0v) is 11.7. The van der Waals surface area contributed by atoms with Crippen LogP contribution in [0.4, 0.5) is 4.79 Å². The normalized spacial score (nSPS) is 9.85. The number of amides is 2. The molecule has 0 radical (unpaired) electrons. The van der Waals surface area contributed by atoms with Crippen LogP contribution in [-0.2, 0) is 9.53 Å². The van der Waals surface area contributed by atoms with E-state index in [0.29, 0.717) is 23.7 Å². The highest BCUT2D eigenvalue weighted by molar-refractivity contribution is 6.30. The quantitative estimate of drug-likeness (QED) is 0.565. The van der Waals surface area contributed by atoms with Gasteiger partial charge in [0.2, 0.25) is 0 Å². The Bertz CT molecular complexity index is 437. The first-order valence-electron chi connectivity index (χ1n) is 6.15. The maximum atomic E-state index is 11.3. The van der Waals surface area contributed by atoms with E-state index in [4.69, 9.17) is 26.8 Å². The van der Waals surface area contributed by atoms with Gasteiger partial charge in [0.05, 0.1) is 0 Å². The maximum absolute atomic E-state index is 11.3. The molecule has 0 fully saturated rings. The van der Waals surface area contributed by atoms with Gasteiger partial charge >= 0.3 is 12.0 Å². The Morgan fingerprint density at radius 1 is 1.20 bits per heavy atom. The van der Waals surface area contributed by atoms with Crippen LogP contribution in [0.15, 0.2) is 24.3 Å². The van der Waals surface area contributed by atoms with Crippen molar-refractivity contribution in [2.75, 3.05) is 19.8 Å². The lowest BCUT2D eigenvalue weighted by atomic mass is 10.3. The van der Waals surface area contributed by atoms with Crippen molar-refractivity contribution in [3.63, 3.8) is 0 Å². The summed E-state index contributed by atoms with van der Waals surface area (Å²) >= 11 is 5.74. The molecule has 0 aliphatic rings. The van der Waals surface area contributed by atoms with Gasteiger partial charge in [-0.25, -0.2) is 4.79 Å². The number of hydrogen-bond acceptors (Lipinski definition) is 4. The van der Waals surface area contributed by atoms with Crippen LogP contribution in [-0.4, -0.2) is 31.8 Å². The number of halogens is 1. The molecule has 20 heavy (non-hydrogen) atoms. The van der Waals surface area contributed by atoms with Gasteiger partial charge in [-0.2, -0.15) is 0 Å². The van der Waals surface area contributed by atoms with E-state index in [2.05, 4.69) is 5.32 Å². The van der Waals surface area contributed by atoms with E-state index in [1.165, 1.54) is 0 Å². The van der Waals surface area contributed by atoms with Crippen LogP contribution in [0.3, 0.4) is 0 Å². The minimum atomic E-state index is -0.602. The summed E-state index contributed by atoms with van der Waals surface area (Å²) in [5, 5.41) is 3.02. The Hall–Kier alpha value is -1.95. The van der Waals surface area contributed by atoms with E-state index in [1.54, 1.807) is 24.3 Å². The van der Waals surface area contributed by atoms with E-state index < -0.39 is 6.03 Å². The summed E-state index contributed by atoms with van der Waals surface area (Å²) < 4.78 is 10.3. The van der Waals surface area contributed by atoms with Gasteiger partial charge in [-0.3, -0.25) is 4.79 Å². The summed E-state index contributed by atoms with van der Waals surface area (Å²) in [6, 6.07) is 6.30. The van der Waals surface area contributed by atoms with Gasteiger partial charge in [-0.05, 0) is 30.7 Å². The standard InChI is InChI=1S/C13H17ClN2O4/c14-10-3-5-11(6-4-10)19-8-9-20-12(17)2-1-7-16-13(15)18/h3-6H,1-2,7-9H2,(H3,15,16,18). The molecular weight excluding hydrogens is 284 g/mol. The molecule has 0 aliphatic carbocycles. The van der Waals surface area contributed by atoms with Crippen molar-refractivity contribution in [3.05, 3.63) is 29.3 Å². The fraction of sp³-hybridized carbons (Fsp3) is 0.385. The van der Waals surface area contributed by atoms with E-state index in [9.17, 15) is 9.59 Å². The van der Waals surface area contributed by atoms with Crippen LogP contribution in [0.5, 0.6) is 5.75 Å². The minimum Gasteiger partial charge on any atom is -0.490 e. The minimum absolute atomic E-state index is 0.171. The molecule has 0 aliphatic heterocycles. The molecule has 7 heteroatoms. The topological polar surface area (TPSA) is 90.7 Å². The van der Waals surface area contributed by atoms with Crippen molar-refractivity contribution in [2.24, 2.45) is 5.73 Å². The summed E-state index contributed by atoms with van der Waals surface area (Å²) in [6.45, 7) is 0.795. The number of rotatable bonds is 8. The lowest BCUT2D eigenvalue weighted by molar-refractivity contribution is -0.144. The number of esters is 1. The number of nitrogens with one attached hydrogen (secondary N) is 1. The highest BCUT2D eigenvalue weighted by Crippen LogP contribution is 2.15. The first-order valence-corrected chi connectivity index (χ1v) is 6.53. The summed E-state index contributed by atoms with van der Waals surface area (Å²) in [7, 11) is 0. The van der Waals surface area contributed by atoms with Crippen LogP contribution >= 0.6 is 11.6 Å². The second-order valence-electron chi connectivity index (χ2n) is 3.92. The van der Waals surface area contributed by atoms with E-state index in [-0.39, 0.29) is 25.6 Å². The van der Waals surface area contributed by atoms with Crippen LogP contribution in [0, 0.1) is 0 Å². The molecule has 6 nitrogen and oxygen atoms in total. The average Bonchev–Trinajstić information content (AvgIpc) is 2.41. The molecule has 110 valence electrons. The molecule has 1 aromatic carbocycles. The molecular formula is C13H17ClN2O4. The van der Waals surface area contributed by atoms with Gasteiger partial charge in [0, 0.05) is 18.0 Å². The van der Waals surface area contributed by atoms with Crippen molar-refractivity contribution < 1.29 is 19.1 Å². The molecule has 0 saturated carbocycles. The smallest absolute Gasteiger partial charge is 0.312 e. The summed E-state index contributed by atoms with van der Waals surface area (Å²) in [6.07, 6.45) is 0.709.